The second kappa shape index (κ2) is 6.37. The fraction of sp³-hybridized carbons (Fsp3) is 0.600. The van der Waals surface area contributed by atoms with Gasteiger partial charge >= 0.3 is 0 Å². The zero-order valence-electron chi connectivity index (χ0n) is 11.9. The Bertz CT molecular complexity index is 422. The van der Waals surface area contributed by atoms with Crippen LogP contribution in [-0.2, 0) is 4.74 Å². The molecule has 1 aliphatic heterocycles. The Kier molecular flexibility index (Phi) is 4.80. The molecule has 1 N–H and O–H groups in total. The minimum atomic E-state index is -0.649. The Morgan fingerprint density at radius 2 is 2.32 bits per heavy atom. The van der Waals surface area contributed by atoms with Crippen molar-refractivity contribution in [2.24, 2.45) is 0 Å². The molecule has 1 heterocycles. The Morgan fingerprint density at radius 3 is 3.00 bits per heavy atom. The Hall–Kier alpha value is -1.10. The third-order valence-electron chi connectivity index (χ3n) is 3.68. The van der Waals surface area contributed by atoms with Gasteiger partial charge in [-0.2, -0.15) is 0 Å². The summed E-state index contributed by atoms with van der Waals surface area (Å²) in [4.78, 5) is 2.29. The van der Waals surface area contributed by atoms with E-state index in [2.05, 4.69) is 11.8 Å². The number of morpholine rings is 1. The summed E-state index contributed by atoms with van der Waals surface area (Å²) < 4.78 is 11.1. The summed E-state index contributed by atoms with van der Waals surface area (Å²) in [5.74, 6) is 0.718. The summed E-state index contributed by atoms with van der Waals surface area (Å²) in [5.41, 5.74) is 1.92. The minimum absolute atomic E-state index is 0.190. The van der Waals surface area contributed by atoms with E-state index in [1.165, 1.54) is 0 Å². The molecule has 4 nitrogen and oxygen atoms in total. The number of aliphatic hydroxyl groups is 1. The van der Waals surface area contributed by atoms with Crippen LogP contribution in [-0.4, -0.2) is 49.5 Å². The molecule has 0 amide bonds. The van der Waals surface area contributed by atoms with E-state index in [0.717, 1.165) is 36.5 Å². The molecular formula is C15H23NO3. The SMILES string of the molecule is CCN1CCOC(C(O)c2cc(C)ccc2OC)C1. The maximum Gasteiger partial charge on any atom is 0.124 e. The summed E-state index contributed by atoms with van der Waals surface area (Å²) in [7, 11) is 1.63. The molecule has 1 saturated heterocycles. The van der Waals surface area contributed by atoms with E-state index in [1.54, 1.807) is 7.11 Å². The predicted octanol–water partition coefficient (Wildman–Crippen LogP) is 1.76. The number of aliphatic hydroxyl groups excluding tert-OH is 1. The molecule has 1 aromatic carbocycles. The third kappa shape index (κ3) is 3.26. The van der Waals surface area contributed by atoms with Gasteiger partial charge in [-0.05, 0) is 25.6 Å². The molecule has 0 bridgehead atoms. The standard InChI is InChI=1S/C15H23NO3/c1-4-16-7-8-19-14(10-16)15(17)12-9-11(2)5-6-13(12)18-3/h5-6,9,14-15,17H,4,7-8,10H2,1-3H3. The molecule has 2 unspecified atom stereocenters. The average Bonchev–Trinajstić information content (AvgIpc) is 2.46. The summed E-state index contributed by atoms with van der Waals surface area (Å²) in [6.07, 6.45) is -0.839. The van der Waals surface area contributed by atoms with Crippen LogP contribution in [0.1, 0.15) is 24.2 Å². The van der Waals surface area contributed by atoms with Crippen LogP contribution in [0, 0.1) is 6.92 Å². The van der Waals surface area contributed by atoms with E-state index in [4.69, 9.17) is 9.47 Å². The highest BCUT2D eigenvalue weighted by Gasteiger charge is 2.29. The average molecular weight is 265 g/mol. The summed E-state index contributed by atoms with van der Waals surface area (Å²) in [5, 5.41) is 10.6. The third-order valence-corrected chi connectivity index (χ3v) is 3.68. The normalized spacial score (nSPS) is 22.2. The van der Waals surface area contributed by atoms with Crippen LogP contribution < -0.4 is 4.74 Å². The van der Waals surface area contributed by atoms with E-state index in [0.29, 0.717) is 6.61 Å². The molecule has 0 aromatic heterocycles. The van der Waals surface area contributed by atoms with Crippen molar-refractivity contribution in [2.45, 2.75) is 26.1 Å². The van der Waals surface area contributed by atoms with E-state index in [9.17, 15) is 5.11 Å². The van der Waals surface area contributed by atoms with Crippen LogP contribution in [0.5, 0.6) is 5.75 Å². The topological polar surface area (TPSA) is 41.9 Å². The number of nitrogens with zero attached hydrogens (tertiary/aromatic N) is 1. The van der Waals surface area contributed by atoms with Crippen molar-refractivity contribution in [3.63, 3.8) is 0 Å². The van der Waals surface area contributed by atoms with Crippen molar-refractivity contribution in [1.29, 1.82) is 0 Å². The maximum absolute atomic E-state index is 10.6. The molecule has 0 spiro atoms. The highest BCUT2D eigenvalue weighted by atomic mass is 16.5. The van der Waals surface area contributed by atoms with E-state index < -0.39 is 6.10 Å². The van der Waals surface area contributed by atoms with Crippen LogP contribution in [0.15, 0.2) is 18.2 Å². The van der Waals surface area contributed by atoms with Gasteiger partial charge in [0.15, 0.2) is 0 Å². The van der Waals surface area contributed by atoms with Gasteiger partial charge in [0.1, 0.15) is 18.0 Å². The van der Waals surface area contributed by atoms with Gasteiger partial charge in [-0.15, -0.1) is 0 Å². The number of likely N-dealkylation sites (N-methyl/N-ethyl adjacent to an activating group) is 1. The lowest BCUT2D eigenvalue weighted by atomic mass is 10.00. The molecule has 106 valence electrons. The molecule has 0 radical (unpaired) electrons. The zero-order chi connectivity index (χ0) is 13.8. The number of hydrogen-bond donors (Lipinski definition) is 1. The first-order valence-electron chi connectivity index (χ1n) is 6.82. The van der Waals surface area contributed by atoms with Crippen LogP contribution in [0.4, 0.5) is 0 Å². The Balaban J connectivity index is 2.18. The van der Waals surface area contributed by atoms with Crippen molar-refractivity contribution in [1.82, 2.24) is 4.90 Å². The van der Waals surface area contributed by atoms with Crippen LogP contribution in [0.2, 0.25) is 0 Å². The van der Waals surface area contributed by atoms with Crippen LogP contribution in [0.25, 0.3) is 0 Å². The van der Waals surface area contributed by atoms with Gasteiger partial charge in [-0.3, -0.25) is 4.90 Å². The first-order chi connectivity index (χ1) is 9.15. The fourth-order valence-electron chi connectivity index (χ4n) is 2.50. The second-order valence-corrected chi connectivity index (χ2v) is 4.99. The monoisotopic (exact) mass is 265 g/mol. The molecular weight excluding hydrogens is 242 g/mol. The van der Waals surface area contributed by atoms with Crippen molar-refractivity contribution < 1.29 is 14.6 Å². The molecule has 1 fully saturated rings. The summed E-state index contributed by atoms with van der Waals surface area (Å²) >= 11 is 0. The Labute approximate surface area is 114 Å². The van der Waals surface area contributed by atoms with E-state index in [-0.39, 0.29) is 6.10 Å². The van der Waals surface area contributed by atoms with Gasteiger partial charge in [0, 0.05) is 18.7 Å². The fourth-order valence-corrected chi connectivity index (χ4v) is 2.50. The highest BCUT2D eigenvalue weighted by molar-refractivity contribution is 5.39. The van der Waals surface area contributed by atoms with Crippen molar-refractivity contribution in [3.05, 3.63) is 29.3 Å². The van der Waals surface area contributed by atoms with Gasteiger partial charge < -0.3 is 14.6 Å². The van der Waals surface area contributed by atoms with Crippen LogP contribution >= 0.6 is 0 Å². The molecule has 1 aliphatic rings. The van der Waals surface area contributed by atoms with Gasteiger partial charge in [-0.25, -0.2) is 0 Å². The van der Waals surface area contributed by atoms with Gasteiger partial charge in [0.2, 0.25) is 0 Å². The molecule has 19 heavy (non-hydrogen) atoms. The highest BCUT2D eigenvalue weighted by Crippen LogP contribution is 2.30. The maximum atomic E-state index is 10.6. The molecule has 4 heteroatoms. The number of aryl methyl sites for hydroxylation is 1. The van der Waals surface area contributed by atoms with Gasteiger partial charge in [-0.1, -0.05) is 18.6 Å². The smallest absolute Gasteiger partial charge is 0.124 e. The zero-order valence-corrected chi connectivity index (χ0v) is 11.9. The lowest BCUT2D eigenvalue weighted by molar-refractivity contribution is -0.0893. The number of benzene rings is 1. The Morgan fingerprint density at radius 1 is 1.53 bits per heavy atom. The lowest BCUT2D eigenvalue weighted by Gasteiger charge is -2.35. The molecule has 0 saturated carbocycles. The summed E-state index contributed by atoms with van der Waals surface area (Å²) in [6, 6.07) is 5.85. The number of methoxy groups -OCH3 is 1. The molecule has 0 aliphatic carbocycles. The van der Waals surface area contributed by atoms with Crippen LogP contribution in [0.3, 0.4) is 0 Å². The van der Waals surface area contributed by atoms with Gasteiger partial charge in [0.25, 0.3) is 0 Å². The minimum Gasteiger partial charge on any atom is -0.496 e. The number of ether oxygens (including phenoxy) is 2. The second-order valence-electron chi connectivity index (χ2n) is 4.99. The van der Waals surface area contributed by atoms with Gasteiger partial charge in [0.05, 0.1) is 13.7 Å². The van der Waals surface area contributed by atoms with Crippen molar-refractivity contribution >= 4 is 0 Å². The number of hydrogen-bond acceptors (Lipinski definition) is 4. The first-order valence-corrected chi connectivity index (χ1v) is 6.82. The quantitative estimate of drug-likeness (QED) is 0.900. The lowest BCUT2D eigenvalue weighted by Crippen LogP contribution is -2.44. The summed E-state index contributed by atoms with van der Waals surface area (Å²) in [6.45, 7) is 7.48. The predicted molar refractivity (Wildman–Crippen MR) is 74.5 cm³/mol. The molecule has 2 atom stereocenters. The van der Waals surface area contributed by atoms with E-state index >= 15 is 0 Å². The molecule has 2 rings (SSSR count). The van der Waals surface area contributed by atoms with Crippen molar-refractivity contribution in [3.8, 4) is 5.75 Å². The van der Waals surface area contributed by atoms with Crippen molar-refractivity contribution in [2.75, 3.05) is 33.4 Å². The van der Waals surface area contributed by atoms with E-state index in [1.807, 2.05) is 25.1 Å². The largest absolute Gasteiger partial charge is 0.496 e. The molecule has 1 aromatic rings. The number of rotatable bonds is 4. The first kappa shape index (κ1) is 14.3.